The molecule has 3 aromatic carbocycles. The highest BCUT2D eigenvalue weighted by atomic mass is 16.6. The Labute approximate surface area is 244 Å². The zero-order valence-electron chi connectivity index (χ0n) is 23.8. The average molecular weight is 569 g/mol. The normalized spacial score (nSPS) is 23.5. The molecule has 218 valence electrons. The lowest BCUT2D eigenvalue weighted by Gasteiger charge is -2.37. The number of ether oxygens (including phenoxy) is 4. The van der Waals surface area contributed by atoms with Gasteiger partial charge in [-0.05, 0) is 41.2 Å². The van der Waals surface area contributed by atoms with Gasteiger partial charge in [0, 0.05) is 18.2 Å². The number of hydrogen-bond acceptors (Lipinski definition) is 6. The van der Waals surface area contributed by atoms with Crippen molar-refractivity contribution in [2.75, 3.05) is 20.3 Å². The summed E-state index contributed by atoms with van der Waals surface area (Å²) in [6, 6.07) is 29.6. The second-order valence-corrected chi connectivity index (χ2v) is 11.0. The summed E-state index contributed by atoms with van der Waals surface area (Å²) in [6.45, 7) is 2.96. The molecule has 3 heterocycles. The van der Waals surface area contributed by atoms with Gasteiger partial charge in [0.25, 0.3) is 5.56 Å². The minimum atomic E-state index is -0.956. The zero-order chi connectivity index (χ0) is 29.1. The van der Waals surface area contributed by atoms with Gasteiger partial charge in [-0.25, -0.2) is 4.79 Å². The zero-order valence-corrected chi connectivity index (χ0v) is 23.8. The molecule has 0 aliphatic carbocycles. The number of benzene rings is 3. The highest BCUT2D eigenvalue weighted by Gasteiger charge is 2.54. The molecular weight excluding hydrogens is 532 g/mol. The van der Waals surface area contributed by atoms with Gasteiger partial charge in [0.15, 0.2) is 0 Å². The minimum absolute atomic E-state index is 0.0500. The number of nitrogens with one attached hydrogen (secondary N) is 1. The Kier molecular flexibility index (Phi) is 8.11. The first kappa shape index (κ1) is 28.2. The predicted octanol–water partition coefficient (Wildman–Crippen LogP) is 4.88. The molecule has 42 heavy (non-hydrogen) atoms. The Hall–Kier alpha value is -3.98. The van der Waals surface area contributed by atoms with Crippen LogP contribution in [0.25, 0.3) is 0 Å². The average Bonchev–Trinajstić information content (AvgIpc) is 3.60. The smallest absolute Gasteiger partial charge is 0.330 e. The predicted molar refractivity (Wildman–Crippen MR) is 159 cm³/mol. The second-order valence-electron chi connectivity index (χ2n) is 11.0. The third kappa shape index (κ3) is 5.11. The maximum Gasteiger partial charge on any atom is 0.330 e. The first-order valence-electron chi connectivity index (χ1n) is 14.5. The van der Waals surface area contributed by atoms with E-state index in [-0.39, 0.29) is 24.5 Å². The molecule has 0 saturated carbocycles. The lowest BCUT2D eigenvalue weighted by molar-refractivity contribution is -0.109. The molecule has 0 spiro atoms. The van der Waals surface area contributed by atoms with Crippen molar-refractivity contribution in [2.45, 2.75) is 43.8 Å². The summed E-state index contributed by atoms with van der Waals surface area (Å²) in [5, 5.41) is 0. The van der Waals surface area contributed by atoms with Crippen molar-refractivity contribution in [1.82, 2.24) is 9.55 Å². The van der Waals surface area contributed by atoms with Crippen LogP contribution in [0.3, 0.4) is 0 Å². The van der Waals surface area contributed by atoms with Crippen molar-refractivity contribution >= 4 is 0 Å². The van der Waals surface area contributed by atoms with E-state index < -0.39 is 29.2 Å². The van der Waals surface area contributed by atoms with Crippen molar-refractivity contribution in [3.8, 4) is 5.75 Å². The standard InChI is InChI=1S/C34H36N2O6/c1-3-10-23-21-40-31-28(42-32(30(23)31)36-20-19-29(37)35-33(36)38)22-41-34(24-11-6-4-7-12-24,25-13-8-5-9-14-25)26-15-17-27(39-2)18-16-26/h4-9,11-20,23,28,30-32H,3,10,21-22H2,1-2H3,(H,35,37,38)/t23?,28-,30+,31+,32-/m1/s1. The summed E-state index contributed by atoms with van der Waals surface area (Å²) in [5.41, 5.74) is 1.01. The van der Waals surface area contributed by atoms with Crippen LogP contribution in [0, 0.1) is 11.8 Å². The van der Waals surface area contributed by atoms with E-state index >= 15 is 0 Å². The van der Waals surface area contributed by atoms with E-state index in [4.69, 9.17) is 18.9 Å². The molecule has 2 saturated heterocycles. The maximum absolute atomic E-state index is 12.9. The van der Waals surface area contributed by atoms with E-state index in [2.05, 4.69) is 36.2 Å². The Bertz CT molecular complexity index is 1540. The monoisotopic (exact) mass is 568 g/mol. The van der Waals surface area contributed by atoms with Gasteiger partial charge in [-0.15, -0.1) is 0 Å². The third-order valence-corrected chi connectivity index (χ3v) is 8.54. The molecule has 0 bridgehead atoms. The fourth-order valence-electron chi connectivity index (χ4n) is 6.61. The molecule has 5 atom stereocenters. The minimum Gasteiger partial charge on any atom is -0.497 e. The summed E-state index contributed by atoms with van der Waals surface area (Å²) in [7, 11) is 1.65. The summed E-state index contributed by atoms with van der Waals surface area (Å²) >= 11 is 0. The van der Waals surface area contributed by atoms with Crippen molar-refractivity contribution < 1.29 is 18.9 Å². The number of hydrogen-bond donors (Lipinski definition) is 1. The number of methoxy groups -OCH3 is 1. The first-order valence-corrected chi connectivity index (χ1v) is 14.5. The molecule has 1 aromatic heterocycles. The van der Waals surface area contributed by atoms with Gasteiger partial charge >= 0.3 is 5.69 Å². The lowest BCUT2D eigenvalue weighted by Crippen LogP contribution is -2.38. The molecule has 6 rings (SSSR count). The number of fused-ring (bicyclic) bond motifs is 1. The summed E-state index contributed by atoms with van der Waals surface area (Å²) in [4.78, 5) is 27.0. The van der Waals surface area contributed by atoms with Crippen LogP contribution >= 0.6 is 0 Å². The van der Waals surface area contributed by atoms with E-state index in [1.54, 1.807) is 7.11 Å². The summed E-state index contributed by atoms with van der Waals surface area (Å²) in [6.07, 6.45) is 2.19. The molecule has 1 unspecified atom stereocenters. The third-order valence-electron chi connectivity index (χ3n) is 8.54. The van der Waals surface area contributed by atoms with Crippen LogP contribution in [-0.4, -0.2) is 42.1 Å². The van der Waals surface area contributed by atoms with Crippen molar-refractivity contribution in [2.24, 2.45) is 11.8 Å². The highest BCUT2D eigenvalue weighted by Crippen LogP contribution is 2.48. The van der Waals surface area contributed by atoms with Crippen LogP contribution in [0.2, 0.25) is 0 Å². The SMILES string of the molecule is CCCC1CO[C@@H]2[C@H]1[C@H](n1ccc(=O)[nH]c1=O)O[C@@H]2COC(c1ccccc1)(c1ccccc1)c1ccc(OC)cc1. The van der Waals surface area contributed by atoms with Crippen LogP contribution in [0.15, 0.2) is 107 Å². The number of H-pyrrole nitrogens is 1. The molecule has 8 nitrogen and oxygen atoms in total. The van der Waals surface area contributed by atoms with E-state index in [1.165, 1.54) is 16.8 Å². The highest BCUT2D eigenvalue weighted by molar-refractivity contribution is 5.48. The molecule has 2 fully saturated rings. The van der Waals surface area contributed by atoms with Gasteiger partial charge in [0.1, 0.15) is 23.7 Å². The van der Waals surface area contributed by atoms with Crippen molar-refractivity contribution in [3.63, 3.8) is 0 Å². The number of nitrogens with zero attached hydrogens (tertiary/aromatic N) is 1. The van der Waals surface area contributed by atoms with E-state index in [1.807, 2.05) is 60.7 Å². The van der Waals surface area contributed by atoms with E-state index in [9.17, 15) is 9.59 Å². The Morgan fingerprint density at radius 2 is 1.55 bits per heavy atom. The van der Waals surface area contributed by atoms with Crippen LogP contribution < -0.4 is 16.0 Å². The first-order chi connectivity index (χ1) is 20.5. The molecule has 8 heteroatoms. The van der Waals surface area contributed by atoms with Crippen molar-refractivity contribution in [1.29, 1.82) is 0 Å². The number of aromatic amines is 1. The van der Waals surface area contributed by atoms with Gasteiger partial charge in [0.2, 0.25) is 0 Å². The molecular formula is C34H36N2O6. The Balaban J connectivity index is 1.40. The maximum atomic E-state index is 12.9. The number of aromatic nitrogens is 2. The van der Waals surface area contributed by atoms with Crippen LogP contribution in [0.4, 0.5) is 0 Å². The van der Waals surface area contributed by atoms with Crippen LogP contribution in [0.5, 0.6) is 5.75 Å². The second kappa shape index (κ2) is 12.1. The summed E-state index contributed by atoms with van der Waals surface area (Å²) in [5.74, 6) is 0.931. The quantitative estimate of drug-likeness (QED) is 0.274. The molecule has 1 N–H and O–H groups in total. The molecule has 4 aromatic rings. The van der Waals surface area contributed by atoms with E-state index in [0.29, 0.717) is 6.61 Å². The van der Waals surface area contributed by atoms with Gasteiger partial charge in [-0.1, -0.05) is 86.1 Å². The molecule has 2 aliphatic heterocycles. The van der Waals surface area contributed by atoms with Gasteiger partial charge in [-0.3, -0.25) is 14.3 Å². The molecule has 2 aliphatic rings. The molecule has 0 amide bonds. The topological polar surface area (TPSA) is 91.8 Å². The Morgan fingerprint density at radius 1 is 0.905 bits per heavy atom. The van der Waals surface area contributed by atoms with Crippen LogP contribution in [-0.2, 0) is 19.8 Å². The fraction of sp³-hybridized carbons (Fsp3) is 0.353. The van der Waals surface area contributed by atoms with Crippen LogP contribution in [0.1, 0.15) is 42.7 Å². The van der Waals surface area contributed by atoms with Gasteiger partial charge in [-0.2, -0.15) is 0 Å². The lowest BCUT2D eigenvalue weighted by atomic mass is 9.80. The van der Waals surface area contributed by atoms with E-state index in [0.717, 1.165) is 35.3 Å². The number of rotatable bonds is 10. The Morgan fingerprint density at radius 3 is 2.14 bits per heavy atom. The van der Waals surface area contributed by atoms with Gasteiger partial charge in [0.05, 0.1) is 26.4 Å². The summed E-state index contributed by atoms with van der Waals surface area (Å²) < 4.78 is 27.0. The largest absolute Gasteiger partial charge is 0.497 e. The van der Waals surface area contributed by atoms with Gasteiger partial charge < -0.3 is 18.9 Å². The fourth-order valence-corrected chi connectivity index (χ4v) is 6.61. The van der Waals surface area contributed by atoms with Crippen molar-refractivity contribution in [3.05, 3.63) is 135 Å². The molecule has 0 radical (unpaired) electrons.